The van der Waals surface area contributed by atoms with Crippen molar-refractivity contribution in [1.82, 2.24) is 0 Å². The van der Waals surface area contributed by atoms with Crippen LogP contribution in [-0.4, -0.2) is 7.11 Å². The molecule has 0 radical (unpaired) electrons. The predicted molar refractivity (Wildman–Crippen MR) is 88.9 cm³/mol. The third-order valence-electron chi connectivity index (χ3n) is 4.28. The molecule has 0 spiro atoms. The van der Waals surface area contributed by atoms with Crippen LogP contribution in [0, 0.1) is 13.8 Å². The van der Waals surface area contributed by atoms with Crippen molar-refractivity contribution in [2.24, 2.45) is 0 Å². The minimum Gasteiger partial charge on any atom is -0.496 e. The second kappa shape index (κ2) is 5.95. The van der Waals surface area contributed by atoms with E-state index in [-0.39, 0.29) is 0 Å². The number of benzene rings is 2. The second-order valence-electron chi connectivity index (χ2n) is 5.77. The highest BCUT2D eigenvalue weighted by molar-refractivity contribution is 5.91. The standard InChI is InChI=1S/C19H15F3O3/c1-10-11(2)18(23)25-16-9-13(8-15(24-3)17(10)16)12-4-6-14(7-5-12)19(20,21)22/h4-9H,1-3H3. The molecule has 0 aliphatic carbocycles. The topological polar surface area (TPSA) is 39.4 Å². The molecule has 3 aromatic rings. The van der Waals surface area contributed by atoms with Crippen molar-refractivity contribution in [3.8, 4) is 16.9 Å². The second-order valence-corrected chi connectivity index (χ2v) is 5.77. The van der Waals surface area contributed by atoms with Crippen molar-refractivity contribution in [2.45, 2.75) is 20.0 Å². The van der Waals surface area contributed by atoms with E-state index in [9.17, 15) is 18.0 Å². The van der Waals surface area contributed by atoms with Crippen molar-refractivity contribution in [2.75, 3.05) is 7.11 Å². The molecule has 1 heterocycles. The van der Waals surface area contributed by atoms with E-state index in [1.54, 1.807) is 26.0 Å². The Morgan fingerprint density at radius 2 is 1.60 bits per heavy atom. The molecule has 6 heteroatoms. The van der Waals surface area contributed by atoms with Crippen LogP contribution in [0.3, 0.4) is 0 Å². The summed E-state index contributed by atoms with van der Waals surface area (Å²) in [7, 11) is 1.49. The lowest BCUT2D eigenvalue weighted by molar-refractivity contribution is -0.137. The summed E-state index contributed by atoms with van der Waals surface area (Å²) in [5.74, 6) is 0.497. The quantitative estimate of drug-likeness (QED) is 0.605. The number of rotatable bonds is 2. The van der Waals surface area contributed by atoms with Crippen molar-refractivity contribution in [1.29, 1.82) is 0 Å². The first kappa shape index (κ1) is 17.1. The van der Waals surface area contributed by atoms with Crippen LogP contribution in [0.25, 0.3) is 22.1 Å². The molecule has 0 bridgehead atoms. The molecule has 0 aliphatic heterocycles. The van der Waals surface area contributed by atoms with Gasteiger partial charge in [0, 0.05) is 5.56 Å². The van der Waals surface area contributed by atoms with E-state index in [0.717, 1.165) is 17.7 Å². The van der Waals surface area contributed by atoms with Gasteiger partial charge in [-0.2, -0.15) is 13.2 Å². The van der Waals surface area contributed by atoms with Gasteiger partial charge in [-0.3, -0.25) is 0 Å². The van der Waals surface area contributed by atoms with Crippen LogP contribution in [0.1, 0.15) is 16.7 Å². The Morgan fingerprint density at radius 1 is 0.960 bits per heavy atom. The lowest BCUT2D eigenvalue weighted by Gasteiger charge is -2.12. The van der Waals surface area contributed by atoms with Crippen LogP contribution in [0.15, 0.2) is 45.6 Å². The van der Waals surface area contributed by atoms with Crippen molar-refractivity contribution < 1.29 is 22.3 Å². The third kappa shape index (κ3) is 2.99. The lowest BCUT2D eigenvalue weighted by atomic mass is 9.99. The largest absolute Gasteiger partial charge is 0.496 e. The monoisotopic (exact) mass is 348 g/mol. The maximum atomic E-state index is 12.7. The summed E-state index contributed by atoms with van der Waals surface area (Å²) >= 11 is 0. The first-order valence-electron chi connectivity index (χ1n) is 7.52. The fourth-order valence-electron chi connectivity index (χ4n) is 2.74. The fraction of sp³-hybridized carbons (Fsp3) is 0.211. The Hall–Kier alpha value is -2.76. The Morgan fingerprint density at radius 3 is 2.16 bits per heavy atom. The highest BCUT2D eigenvalue weighted by Gasteiger charge is 2.30. The average molecular weight is 348 g/mol. The van der Waals surface area contributed by atoms with Crippen LogP contribution in [0.4, 0.5) is 13.2 Å². The van der Waals surface area contributed by atoms with Gasteiger partial charge < -0.3 is 9.15 Å². The molecule has 0 fully saturated rings. The van der Waals surface area contributed by atoms with E-state index in [2.05, 4.69) is 0 Å². The summed E-state index contributed by atoms with van der Waals surface area (Å²) < 4.78 is 48.9. The molecule has 3 nitrogen and oxygen atoms in total. The molecule has 3 rings (SSSR count). The zero-order valence-corrected chi connectivity index (χ0v) is 13.8. The highest BCUT2D eigenvalue weighted by atomic mass is 19.4. The number of halogens is 3. The smallest absolute Gasteiger partial charge is 0.416 e. The zero-order valence-electron chi connectivity index (χ0n) is 13.8. The van der Waals surface area contributed by atoms with Crippen molar-refractivity contribution >= 4 is 11.0 Å². The first-order valence-corrected chi connectivity index (χ1v) is 7.52. The normalized spacial score (nSPS) is 11.8. The van der Waals surface area contributed by atoms with Gasteiger partial charge in [-0.1, -0.05) is 12.1 Å². The summed E-state index contributed by atoms with van der Waals surface area (Å²) in [6.45, 7) is 3.47. The van der Waals surface area contributed by atoms with Gasteiger partial charge in [0.15, 0.2) is 0 Å². The highest BCUT2D eigenvalue weighted by Crippen LogP contribution is 2.36. The van der Waals surface area contributed by atoms with Crippen LogP contribution < -0.4 is 10.4 Å². The fourth-order valence-corrected chi connectivity index (χ4v) is 2.74. The number of fused-ring (bicyclic) bond motifs is 1. The van der Waals surface area contributed by atoms with Gasteiger partial charge >= 0.3 is 11.8 Å². The molecular formula is C19H15F3O3. The molecule has 2 aromatic carbocycles. The molecule has 0 saturated carbocycles. The molecule has 0 N–H and O–H groups in total. The summed E-state index contributed by atoms with van der Waals surface area (Å²) in [4.78, 5) is 11.9. The Labute approximate surface area is 141 Å². The Kier molecular flexibility index (Phi) is 4.06. The number of hydrogen-bond acceptors (Lipinski definition) is 3. The minimum atomic E-state index is -4.39. The first-order chi connectivity index (χ1) is 11.7. The van der Waals surface area contributed by atoms with Gasteiger partial charge in [-0.25, -0.2) is 4.79 Å². The molecule has 130 valence electrons. The van der Waals surface area contributed by atoms with Gasteiger partial charge in [0.05, 0.1) is 18.1 Å². The molecular weight excluding hydrogens is 333 g/mol. The van der Waals surface area contributed by atoms with Gasteiger partial charge in [-0.15, -0.1) is 0 Å². The van der Waals surface area contributed by atoms with E-state index in [0.29, 0.717) is 33.4 Å². The molecule has 1 aromatic heterocycles. The molecule has 0 saturated heterocycles. The number of hydrogen-bond donors (Lipinski definition) is 0. The Bertz CT molecular complexity index is 1000. The average Bonchev–Trinajstić information content (AvgIpc) is 2.58. The molecule has 0 unspecified atom stereocenters. The molecule has 25 heavy (non-hydrogen) atoms. The molecule has 0 aliphatic rings. The zero-order chi connectivity index (χ0) is 18.4. The third-order valence-corrected chi connectivity index (χ3v) is 4.28. The van der Waals surface area contributed by atoms with Crippen molar-refractivity contribution in [3.63, 3.8) is 0 Å². The van der Waals surface area contributed by atoms with Gasteiger partial charge in [0.2, 0.25) is 0 Å². The van der Waals surface area contributed by atoms with Crippen LogP contribution in [-0.2, 0) is 6.18 Å². The van der Waals surface area contributed by atoms with E-state index in [1.807, 2.05) is 0 Å². The maximum absolute atomic E-state index is 12.7. The lowest BCUT2D eigenvalue weighted by Crippen LogP contribution is -2.06. The van der Waals surface area contributed by atoms with E-state index in [1.165, 1.54) is 19.2 Å². The number of methoxy groups -OCH3 is 1. The Balaban J connectivity index is 2.21. The number of aryl methyl sites for hydroxylation is 1. The maximum Gasteiger partial charge on any atom is 0.416 e. The number of ether oxygens (including phenoxy) is 1. The van der Waals surface area contributed by atoms with Crippen LogP contribution in [0.2, 0.25) is 0 Å². The van der Waals surface area contributed by atoms with E-state index >= 15 is 0 Å². The van der Waals surface area contributed by atoms with Crippen LogP contribution in [0.5, 0.6) is 5.75 Å². The van der Waals surface area contributed by atoms with Gasteiger partial charge in [0.1, 0.15) is 11.3 Å². The SMILES string of the molecule is COc1cc(-c2ccc(C(F)(F)F)cc2)cc2oc(=O)c(C)c(C)c12. The summed E-state index contributed by atoms with van der Waals surface area (Å²) in [5.41, 5.74) is 1.58. The van der Waals surface area contributed by atoms with Gasteiger partial charge in [-0.05, 0) is 54.8 Å². The summed E-state index contributed by atoms with van der Waals surface area (Å²) in [5, 5.41) is 0.676. The van der Waals surface area contributed by atoms with E-state index < -0.39 is 17.4 Å². The molecule has 0 atom stereocenters. The molecule has 0 amide bonds. The van der Waals surface area contributed by atoms with E-state index in [4.69, 9.17) is 9.15 Å². The van der Waals surface area contributed by atoms with Gasteiger partial charge in [0.25, 0.3) is 0 Å². The predicted octanol–water partition coefficient (Wildman–Crippen LogP) is 5.10. The van der Waals surface area contributed by atoms with Crippen molar-refractivity contribution in [3.05, 3.63) is 63.5 Å². The summed E-state index contributed by atoms with van der Waals surface area (Å²) in [6, 6.07) is 8.14. The summed E-state index contributed by atoms with van der Waals surface area (Å²) in [6.07, 6.45) is -4.39. The van der Waals surface area contributed by atoms with Crippen LogP contribution >= 0.6 is 0 Å². The minimum absolute atomic E-state index is 0.336. The number of alkyl halides is 3.